The van der Waals surface area contributed by atoms with Gasteiger partial charge in [0.1, 0.15) is 9.84 Å². The van der Waals surface area contributed by atoms with Crippen LogP contribution in [0.3, 0.4) is 0 Å². The van der Waals surface area contributed by atoms with E-state index in [9.17, 15) is 18.0 Å². The van der Waals surface area contributed by atoms with E-state index >= 15 is 0 Å². The van der Waals surface area contributed by atoms with Crippen molar-refractivity contribution in [3.63, 3.8) is 0 Å². The van der Waals surface area contributed by atoms with Gasteiger partial charge in [-0.25, -0.2) is 13.2 Å². The summed E-state index contributed by atoms with van der Waals surface area (Å²) in [6.45, 7) is 2.12. The van der Waals surface area contributed by atoms with Crippen molar-refractivity contribution in [2.45, 2.75) is 19.4 Å². The summed E-state index contributed by atoms with van der Waals surface area (Å²) in [5.74, 6) is -1.16. The van der Waals surface area contributed by atoms with Gasteiger partial charge in [-0.1, -0.05) is 0 Å². The summed E-state index contributed by atoms with van der Waals surface area (Å²) in [7, 11) is -3.12. The van der Waals surface area contributed by atoms with Gasteiger partial charge in [0.25, 0.3) is 0 Å². The number of ether oxygens (including phenoxy) is 1. The molecule has 9 heteroatoms. The van der Waals surface area contributed by atoms with Crippen LogP contribution in [-0.2, 0) is 19.4 Å². The fourth-order valence-corrected chi connectivity index (χ4v) is 1.71. The molecule has 0 aliphatic rings. The molecule has 0 aromatic rings. The first kappa shape index (κ1) is 17.6. The molecule has 0 aliphatic carbocycles. The third kappa shape index (κ3) is 11.5. The molecule has 8 nitrogen and oxygen atoms in total. The van der Waals surface area contributed by atoms with E-state index in [0.29, 0.717) is 6.61 Å². The Hall–Kier alpha value is -1.35. The molecule has 0 radical (unpaired) electrons. The minimum absolute atomic E-state index is 0.00288. The topological polar surface area (TPSA) is 122 Å². The lowest BCUT2D eigenvalue weighted by atomic mass is 10.2. The quantitative estimate of drug-likeness (QED) is 0.512. The third-order valence-electron chi connectivity index (χ3n) is 2.05. The largest absolute Gasteiger partial charge is 0.481 e. The monoisotopic (exact) mass is 296 g/mol. The minimum Gasteiger partial charge on any atom is -0.481 e. The smallest absolute Gasteiger partial charge is 0.314 e. The van der Waals surface area contributed by atoms with Crippen LogP contribution in [0.15, 0.2) is 0 Å². The van der Waals surface area contributed by atoms with E-state index in [-0.39, 0.29) is 25.3 Å². The maximum Gasteiger partial charge on any atom is 0.314 e. The molecule has 0 spiro atoms. The van der Waals surface area contributed by atoms with Crippen LogP contribution >= 0.6 is 0 Å². The summed E-state index contributed by atoms with van der Waals surface area (Å²) in [5.41, 5.74) is 0. The van der Waals surface area contributed by atoms with Crippen molar-refractivity contribution in [3.8, 4) is 0 Å². The highest BCUT2D eigenvalue weighted by molar-refractivity contribution is 7.90. The number of hydrogen-bond donors (Lipinski definition) is 3. The number of carbonyl (C=O) groups excluding carboxylic acids is 1. The number of amides is 2. The predicted octanol–water partition coefficient (Wildman–Crippen LogP) is -0.790. The van der Waals surface area contributed by atoms with Crippen molar-refractivity contribution in [3.05, 3.63) is 0 Å². The number of hydrogen-bond acceptors (Lipinski definition) is 5. The van der Waals surface area contributed by atoms with E-state index in [1.807, 2.05) is 0 Å². The zero-order valence-electron chi connectivity index (χ0n) is 11.0. The van der Waals surface area contributed by atoms with Crippen LogP contribution in [-0.4, -0.2) is 63.3 Å². The maximum atomic E-state index is 11.3. The number of rotatable bonds is 9. The van der Waals surface area contributed by atoms with Crippen molar-refractivity contribution < 1.29 is 27.9 Å². The molecule has 0 aromatic heterocycles. The first-order valence-electron chi connectivity index (χ1n) is 5.77. The zero-order chi connectivity index (χ0) is 14.9. The number of carboxylic acids is 1. The molecule has 0 saturated heterocycles. The number of carbonyl (C=O) groups is 2. The van der Waals surface area contributed by atoms with Crippen molar-refractivity contribution >= 4 is 21.8 Å². The molecule has 112 valence electrons. The van der Waals surface area contributed by atoms with Crippen molar-refractivity contribution in [2.24, 2.45) is 0 Å². The van der Waals surface area contributed by atoms with Gasteiger partial charge in [0, 0.05) is 26.0 Å². The number of sulfone groups is 1. The normalized spacial score (nSPS) is 12.7. The molecule has 0 aromatic carbocycles. The highest BCUT2D eigenvalue weighted by atomic mass is 32.2. The molecule has 0 aliphatic heterocycles. The average molecular weight is 296 g/mol. The molecule has 0 heterocycles. The second kappa shape index (κ2) is 8.70. The molecule has 0 fully saturated rings. The number of carboxylic acid groups (broad SMARTS) is 1. The zero-order valence-corrected chi connectivity index (χ0v) is 11.8. The molecule has 1 unspecified atom stereocenters. The van der Waals surface area contributed by atoms with Gasteiger partial charge in [0.15, 0.2) is 0 Å². The Kier molecular flexibility index (Phi) is 8.08. The third-order valence-corrected chi connectivity index (χ3v) is 3.00. The van der Waals surface area contributed by atoms with Crippen LogP contribution < -0.4 is 10.6 Å². The first-order valence-corrected chi connectivity index (χ1v) is 7.83. The Bertz CT molecular complexity index is 395. The van der Waals surface area contributed by atoms with Crippen LogP contribution in [0.2, 0.25) is 0 Å². The van der Waals surface area contributed by atoms with Crippen LogP contribution in [0.5, 0.6) is 0 Å². The van der Waals surface area contributed by atoms with E-state index < -0.39 is 27.9 Å². The average Bonchev–Trinajstić information content (AvgIpc) is 2.23. The first-order chi connectivity index (χ1) is 8.74. The second-order valence-corrected chi connectivity index (χ2v) is 6.20. The maximum absolute atomic E-state index is 11.3. The van der Waals surface area contributed by atoms with E-state index in [2.05, 4.69) is 10.6 Å². The van der Waals surface area contributed by atoms with E-state index in [1.54, 1.807) is 6.92 Å². The van der Waals surface area contributed by atoms with Crippen LogP contribution in [0.1, 0.15) is 13.3 Å². The Labute approximate surface area is 112 Å². The summed E-state index contributed by atoms with van der Waals surface area (Å²) in [6, 6.07) is -0.557. The van der Waals surface area contributed by atoms with Gasteiger partial charge in [-0.3, -0.25) is 4.79 Å². The van der Waals surface area contributed by atoms with Gasteiger partial charge in [0.2, 0.25) is 0 Å². The molecule has 19 heavy (non-hydrogen) atoms. The Morgan fingerprint density at radius 2 is 1.95 bits per heavy atom. The fourth-order valence-electron chi connectivity index (χ4n) is 1.24. The van der Waals surface area contributed by atoms with Gasteiger partial charge < -0.3 is 20.5 Å². The molecule has 2 amide bonds. The minimum atomic E-state index is -3.12. The standard InChI is InChI=1S/C10H20N2O6S/c1-3-18-8(6-9(13)14)7-12-10(15)11-4-5-19(2,16)17/h8H,3-7H2,1-2H3,(H,13,14)(H2,11,12,15). The fraction of sp³-hybridized carbons (Fsp3) is 0.800. The highest BCUT2D eigenvalue weighted by Crippen LogP contribution is 1.97. The number of nitrogens with one attached hydrogen (secondary N) is 2. The van der Waals surface area contributed by atoms with E-state index in [1.165, 1.54) is 0 Å². The summed E-state index contributed by atoms with van der Waals surface area (Å²) < 4.78 is 26.8. The molecular formula is C10H20N2O6S. The SMILES string of the molecule is CCOC(CNC(=O)NCCS(C)(=O)=O)CC(=O)O. The van der Waals surface area contributed by atoms with Gasteiger partial charge in [0.05, 0.1) is 18.3 Å². The summed E-state index contributed by atoms with van der Waals surface area (Å²) in [6.07, 6.45) is 0.255. The van der Waals surface area contributed by atoms with Gasteiger partial charge >= 0.3 is 12.0 Å². The lowest BCUT2D eigenvalue weighted by molar-refractivity contribution is -0.140. The molecular weight excluding hydrogens is 276 g/mol. The summed E-state index contributed by atoms with van der Waals surface area (Å²) in [5, 5.41) is 13.4. The molecule has 3 N–H and O–H groups in total. The van der Waals surface area contributed by atoms with Crippen molar-refractivity contribution in [2.75, 3.05) is 31.7 Å². The number of urea groups is 1. The predicted molar refractivity (Wildman–Crippen MR) is 68.8 cm³/mol. The van der Waals surface area contributed by atoms with Crippen LogP contribution in [0.4, 0.5) is 4.79 Å². The van der Waals surface area contributed by atoms with Crippen molar-refractivity contribution in [1.82, 2.24) is 10.6 Å². The molecule has 1 atom stereocenters. The van der Waals surface area contributed by atoms with Crippen LogP contribution in [0, 0.1) is 0 Å². The highest BCUT2D eigenvalue weighted by Gasteiger charge is 2.14. The van der Waals surface area contributed by atoms with Gasteiger partial charge in [-0.05, 0) is 6.92 Å². The van der Waals surface area contributed by atoms with E-state index in [4.69, 9.17) is 9.84 Å². The van der Waals surface area contributed by atoms with Gasteiger partial charge in [-0.2, -0.15) is 0 Å². The lowest BCUT2D eigenvalue weighted by Crippen LogP contribution is -2.42. The lowest BCUT2D eigenvalue weighted by Gasteiger charge is -2.15. The molecule has 0 saturated carbocycles. The van der Waals surface area contributed by atoms with Crippen LogP contribution in [0.25, 0.3) is 0 Å². The summed E-state index contributed by atoms with van der Waals surface area (Å²) in [4.78, 5) is 21.8. The molecule has 0 rings (SSSR count). The van der Waals surface area contributed by atoms with Gasteiger partial charge in [-0.15, -0.1) is 0 Å². The Balaban J connectivity index is 3.94. The number of aliphatic carboxylic acids is 1. The Morgan fingerprint density at radius 3 is 2.42 bits per heavy atom. The summed E-state index contributed by atoms with van der Waals surface area (Å²) >= 11 is 0. The second-order valence-electron chi connectivity index (χ2n) is 3.94. The molecule has 0 bridgehead atoms. The van der Waals surface area contributed by atoms with Crippen molar-refractivity contribution in [1.29, 1.82) is 0 Å². The Morgan fingerprint density at radius 1 is 1.32 bits per heavy atom. The van der Waals surface area contributed by atoms with E-state index in [0.717, 1.165) is 6.26 Å².